The van der Waals surface area contributed by atoms with Crippen LogP contribution in [0, 0.1) is 0 Å². The molecule has 144 valence electrons. The molecule has 0 radical (unpaired) electrons. The molecule has 3 aromatic rings. The van der Waals surface area contributed by atoms with Gasteiger partial charge >= 0.3 is 0 Å². The second kappa shape index (κ2) is 7.69. The third-order valence-corrected chi connectivity index (χ3v) is 6.52. The third-order valence-electron chi connectivity index (χ3n) is 4.98. The van der Waals surface area contributed by atoms with E-state index in [2.05, 4.69) is 15.0 Å². The summed E-state index contributed by atoms with van der Waals surface area (Å²) in [6, 6.07) is 15.3. The van der Waals surface area contributed by atoms with Crippen LogP contribution in [-0.2, 0) is 10.0 Å². The highest BCUT2D eigenvalue weighted by atomic mass is 32.2. The highest BCUT2D eigenvalue weighted by Crippen LogP contribution is 2.23. The monoisotopic (exact) mass is 395 g/mol. The number of anilines is 1. The van der Waals surface area contributed by atoms with Crippen LogP contribution < -0.4 is 10.0 Å². The van der Waals surface area contributed by atoms with Crippen molar-refractivity contribution in [1.82, 2.24) is 9.71 Å². The van der Waals surface area contributed by atoms with E-state index in [1.807, 2.05) is 24.3 Å². The Kier molecular flexibility index (Phi) is 5.11. The summed E-state index contributed by atoms with van der Waals surface area (Å²) in [4.78, 5) is 17.1. The van der Waals surface area contributed by atoms with Gasteiger partial charge in [-0.3, -0.25) is 9.78 Å². The maximum absolute atomic E-state index is 12.6. The Morgan fingerprint density at radius 3 is 2.43 bits per heavy atom. The molecule has 2 aromatic carbocycles. The number of hydrogen-bond acceptors (Lipinski definition) is 4. The van der Waals surface area contributed by atoms with Gasteiger partial charge in [-0.05, 0) is 49.2 Å². The van der Waals surface area contributed by atoms with Crippen molar-refractivity contribution in [3.63, 3.8) is 0 Å². The topological polar surface area (TPSA) is 88.2 Å². The van der Waals surface area contributed by atoms with Gasteiger partial charge in [0.25, 0.3) is 5.91 Å². The zero-order chi connectivity index (χ0) is 19.6. The van der Waals surface area contributed by atoms with E-state index in [9.17, 15) is 13.2 Å². The van der Waals surface area contributed by atoms with Crippen LogP contribution >= 0.6 is 0 Å². The maximum atomic E-state index is 12.6. The number of sulfonamides is 1. The minimum absolute atomic E-state index is 0.00633. The lowest BCUT2D eigenvalue weighted by Gasteiger charge is -2.13. The Morgan fingerprint density at radius 2 is 1.68 bits per heavy atom. The molecule has 4 rings (SSSR count). The number of hydrogen-bond donors (Lipinski definition) is 2. The van der Waals surface area contributed by atoms with Crippen molar-refractivity contribution in [3.05, 3.63) is 66.4 Å². The molecule has 1 aliphatic rings. The van der Waals surface area contributed by atoms with Crippen molar-refractivity contribution < 1.29 is 13.2 Å². The van der Waals surface area contributed by atoms with Gasteiger partial charge in [0.1, 0.15) is 0 Å². The van der Waals surface area contributed by atoms with E-state index in [1.165, 1.54) is 24.3 Å². The number of amides is 1. The lowest BCUT2D eigenvalue weighted by Crippen LogP contribution is -2.32. The number of carbonyl (C=O) groups excluding carboxylic acids is 1. The molecule has 0 spiro atoms. The Labute approximate surface area is 164 Å². The van der Waals surface area contributed by atoms with Crippen molar-refractivity contribution in [2.75, 3.05) is 5.32 Å². The second-order valence-electron chi connectivity index (χ2n) is 6.96. The van der Waals surface area contributed by atoms with E-state index < -0.39 is 10.0 Å². The number of benzene rings is 2. The fourth-order valence-corrected chi connectivity index (χ4v) is 4.82. The minimum Gasteiger partial charge on any atom is -0.320 e. The van der Waals surface area contributed by atoms with E-state index in [4.69, 9.17) is 0 Å². The van der Waals surface area contributed by atoms with Gasteiger partial charge in [0.15, 0.2) is 0 Å². The lowest BCUT2D eigenvalue weighted by molar-refractivity contribution is 0.102. The smallest absolute Gasteiger partial charge is 0.255 e. The van der Waals surface area contributed by atoms with Crippen LogP contribution in [0.3, 0.4) is 0 Å². The lowest BCUT2D eigenvalue weighted by atomic mass is 10.1. The first-order valence-electron chi connectivity index (χ1n) is 9.30. The number of rotatable bonds is 5. The van der Waals surface area contributed by atoms with E-state index >= 15 is 0 Å². The van der Waals surface area contributed by atoms with Gasteiger partial charge in [-0.15, -0.1) is 0 Å². The van der Waals surface area contributed by atoms with E-state index in [1.54, 1.807) is 12.3 Å². The first-order valence-corrected chi connectivity index (χ1v) is 10.8. The summed E-state index contributed by atoms with van der Waals surface area (Å²) in [5, 5.41) is 3.78. The molecule has 1 heterocycles. The van der Waals surface area contributed by atoms with Gasteiger partial charge in [0.05, 0.1) is 16.1 Å². The standard InChI is InChI=1S/C21H21N3O3S/c25-21(23-19-9-3-5-15-6-4-14-22-20(15)19)16-10-12-18(13-11-16)28(26,27)24-17-7-1-2-8-17/h3-6,9-14,17,24H,1-2,7-8H2,(H,23,25). The fourth-order valence-electron chi connectivity index (χ4n) is 3.52. The number of para-hydroxylation sites is 1. The van der Waals surface area contributed by atoms with Crippen molar-refractivity contribution in [1.29, 1.82) is 0 Å². The predicted octanol–water partition coefficient (Wildman–Crippen LogP) is 3.71. The molecule has 1 aromatic heterocycles. The molecule has 0 bridgehead atoms. The summed E-state index contributed by atoms with van der Waals surface area (Å²) in [6.07, 6.45) is 5.53. The van der Waals surface area contributed by atoms with Gasteiger partial charge in [0.2, 0.25) is 10.0 Å². The van der Waals surface area contributed by atoms with Crippen molar-refractivity contribution >= 4 is 32.5 Å². The molecule has 6 nitrogen and oxygen atoms in total. The molecule has 1 aliphatic carbocycles. The molecule has 1 amide bonds. The number of aromatic nitrogens is 1. The molecule has 28 heavy (non-hydrogen) atoms. The number of fused-ring (bicyclic) bond motifs is 1. The Morgan fingerprint density at radius 1 is 0.964 bits per heavy atom. The SMILES string of the molecule is O=C(Nc1cccc2cccnc12)c1ccc(S(=O)(=O)NC2CCCC2)cc1. The van der Waals surface area contributed by atoms with Crippen molar-refractivity contribution in [3.8, 4) is 0 Å². The molecule has 0 atom stereocenters. The Bertz CT molecular complexity index is 1100. The van der Waals surface area contributed by atoms with Crippen LogP contribution in [0.25, 0.3) is 10.9 Å². The fraction of sp³-hybridized carbons (Fsp3) is 0.238. The normalized spacial score (nSPS) is 15.0. The van der Waals surface area contributed by atoms with Gasteiger partial charge in [-0.25, -0.2) is 13.1 Å². The first kappa shape index (κ1) is 18.6. The average Bonchev–Trinajstić information content (AvgIpc) is 3.21. The average molecular weight is 395 g/mol. The highest BCUT2D eigenvalue weighted by molar-refractivity contribution is 7.89. The largest absolute Gasteiger partial charge is 0.320 e. The summed E-state index contributed by atoms with van der Waals surface area (Å²) in [6.45, 7) is 0. The maximum Gasteiger partial charge on any atom is 0.255 e. The molecular formula is C21H21N3O3S. The third kappa shape index (κ3) is 3.90. The first-order chi connectivity index (χ1) is 13.5. The van der Waals surface area contributed by atoms with E-state index in [0.29, 0.717) is 16.8 Å². The number of carbonyl (C=O) groups is 1. The van der Waals surface area contributed by atoms with Gasteiger partial charge in [-0.1, -0.05) is 31.0 Å². The summed E-state index contributed by atoms with van der Waals surface area (Å²) in [7, 11) is -3.57. The highest BCUT2D eigenvalue weighted by Gasteiger charge is 2.23. The number of nitrogens with zero attached hydrogens (tertiary/aromatic N) is 1. The van der Waals surface area contributed by atoms with Gasteiger partial charge < -0.3 is 5.32 Å². The summed E-state index contributed by atoms with van der Waals surface area (Å²) >= 11 is 0. The van der Waals surface area contributed by atoms with Crippen LogP contribution in [0.4, 0.5) is 5.69 Å². The zero-order valence-corrected chi connectivity index (χ0v) is 16.1. The van der Waals surface area contributed by atoms with E-state index in [-0.39, 0.29) is 16.8 Å². The molecule has 1 saturated carbocycles. The quantitative estimate of drug-likeness (QED) is 0.689. The van der Waals surface area contributed by atoms with Crippen molar-refractivity contribution in [2.24, 2.45) is 0 Å². The van der Waals surface area contributed by atoms with Crippen LogP contribution in [0.15, 0.2) is 65.7 Å². The molecule has 0 aliphatic heterocycles. The molecule has 0 unspecified atom stereocenters. The molecular weight excluding hydrogens is 374 g/mol. The summed E-state index contributed by atoms with van der Waals surface area (Å²) in [5.41, 5.74) is 1.70. The number of nitrogens with one attached hydrogen (secondary N) is 2. The Hall–Kier alpha value is -2.77. The van der Waals surface area contributed by atoms with Crippen LogP contribution in [0.2, 0.25) is 0 Å². The van der Waals surface area contributed by atoms with Crippen LogP contribution in [0.1, 0.15) is 36.0 Å². The van der Waals surface area contributed by atoms with Crippen molar-refractivity contribution in [2.45, 2.75) is 36.6 Å². The minimum atomic E-state index is -3.57. The molecule has 2 N–H and O–H groups in total. The molecule has 0 saturated heterocycles. The number of pyridine rings is 1. The van der Waals surface area contributed by atoms with Gasteiger partial charge in [-0.2, -0.15) is 0 Å². The zero-order valence-electron chi connectivity index (χ0n) is 15.3. The second-order valence-corrected chi connectivity index (χ2v) is 8.68. The van der Waals surface area contributed by atoms with Gasteiger partial charge in [0, 0.05) is 23.2 Å². The van der Waals surface area contributed by atoms with Crippen LogP contribution in [0.5, 0.6) is 0 Å². The summed E-state index contributed by atoms with van der Waals surface area (Å²) < 4.78 is 27.7. The van der Waals surface area contributed by atoms with E-state index in [0.717, 1.165) is 31.1 Å². The Balaban J connectivity index is 1.51. The molecule has 1 fully saturated rings. The molecule has 7 heteroatoms. The predicted molar refractivity (Wildman–Crippen MR) is 109 cm³/mol. The van der Waals surface area contributed by atoms with Crippen LogP contribution in [-0.4, -0.2) is 25.4 Å². The summed E-state index contributed by atoms with van der Waals surface area (Å²) in [5.74, 6) is -0.314.